The van der Waals surface area contributed by atoms with Crippen LogP contribution in [0.5, 0.6) is 0 Å². The van der Waals surface area contributed by atoms with Crippen molar-refractivity contribution in [3.05, 3.63) is 60.0 Å². The quantitative estimate of drug-likeness (QED) is 0.725. The number of halogens is 1. The van der Waals surface area contributed by atoms with E-state index in [2.05, 4.69) is 5.10 Å². The Labute approximate surface area is 155 Å². The van der Waals surface area contributed by atoms with Crippen molar-refractivity contribution in [1.82, 2.24) is 9.78 Å². The molecule has 0 radical (unpaired) electrons. The van der Waals surface area contributed by atoms with Crippen LogP contribution in [0.25, 0.3) is 22.4 Å². The molecule has 0 saturated heterocycles. The summed E-state index contributed by atoms with van der Waals surface area (Å²) in [6, 6.07) is 10.8. The first kappa shape index (κ1) is 18.8. The van der Waals surface area contributed by atoms with Gasteiger partial charge in [-0.15, -0.1) is 0 Å². The Morgan fingerprint density at radius 2 is 1.78 bits per heavy atom. The number of aliphatic carboxylic acids is 1. The molecule has 0 spiro atoms. The van der Waals surface area contributed by atoms with Crippen molar-refractivity contribution < 1.29 is 22.7 Å². The molecule has 0 fully saturated rings. The van der Waals surface area contributed by atoms with E-state index in [1.165, 1.54) is 29.1 Å². The van der Waals surface area contributed by atoms with E-state index < -0.39 is 15.8 Å². The van der Waals surface area contributed by atoms with Crippen molar-refractivity contribution in [2.24, 2.45) is 0 Å². The number of aromatic nitrogens is 2. The van der Waals surface area contributed by atoms with Gasteiger partial charge in [-0.05, 0) is 36.2 Å². The number of carboxylic acids is 1. The summed E-state index contributed by atoms with van der Waals surface area (Å²) in [5.74, 6) is -1.44. The molecule has 0 aliphatic heterocycles. The molecule has 8 heteroatoms. The van der Waals surface area contributed by atoms with Crippen molar-refractivity contribution >= 4 is 15.8 Å². The minimum absolute atomic E-state index is 0.166. The number of hydrogen-bond donors (Lipinski definition) is 1. The summed E-state index contributed by atoms with van der Waals surface area (Å²) in [6.07, 6.45) is 2.65. The van der Waals surface area contributed by atoms with Gasteiger partial charge in [0.15, 0.2) is 9.84 Å². The van der Waals surface area contributed by atoms with Crippen LogP contribution < -0.4 is 0 Å². The van der Waals surface area contributed by atoms with Crippen molar-refractivity contribution in [3.8, 4) is 22.4 Å². The third-order valence-electron chi connectivity index (χ3n) is 4.10. The highest BCUT2D eigenvalue weighted by Crippen LogP contribution is 2.32. The van der Waals surface area contributed by atoms with Gasteiger partial charge in [0, 0.05) is 23.6 Å². The van der Waals surface area contributed by atoms with Crippen LogP contribution in [0.15, 0.2) is 53.6 Å². The molecule has 1 N–H and O–H groups in total. The lowest BCUT2D eigenvalue weighted by atomic mass is 10.0. The summed E-state index contributed by atoms with van der Waals surface area (Å²) in [5.41, 5.74) is 2.65. The van der Waals surface area contributed by atoms with Crippen LogP contribution in [0.4, 0.5) is 4.39 Å². The fourth-order valence-electron chi connectivity index (χ4n) is 2.69. The molecule has 0 saturated carbocycles. The maximum absolute atomic E-state index is 14.0. The fraction of sp³-hybridized carbons (Fsp3) is 0.158. The highest BCUT2D eigenvalue weighted by molar-refractivity contribution is 7.90. The van der Waals surface area contributed by atoms with Gasteiger partial charge >= 0.3 is 5.97 Å². The normalized spacial score (nSPS) is 11.5. The monoisotopic (exact) mass is 388 g/mol. The molecule has 6 nitrogen and oxygen atoms in total. The van der Waals surface area contributed by atoms with Crippen LogP contribution in [0.2, 0.25) is 0 Å². The first-order chi connectivity index (χ1) is 12.6. The number of hydrogen-bond acceptors (Lipinski definition) is 4. The van der Waals surface area contributed by atoms with Gasteiger partial charge in [0.05, 0.1) is 4.90 Å². The first-order valence-corrected chi connectivity index (χ1v) is 9.90. The van der Waals surface area contributed by atoms with Gasteiger partial charge in [0.2, 0.25) is 0 Å². The molecule has 3 rings (SSSR count). The number of sulfone groups is 1. The molecule has 27 heavy (non-hydrogen) atoms. The molecule has 0 amide bonds. The van der Waals surface area contributed by atoms with Gasteiger partial charge in [-0.1, -0.05) is 24.3 Å². The molecule has 0 aliphatic carbocycles. The molecule has 140 valence electrons. The number of carboxylic acid groups (broad SMARTS) is 1. The van der Waals surface area contributed by atoms with Crippen molar-refractivity contribution in [2.75, 3.05) is 6.26 Å². The molecular weight excluding hydrogens is 371 g/mol. The SMILES string of the molecule is Cc1ccc(-c2cn(CC(=O)O)nc2-c2ccc(S(C)(=O)=O)cc2)cc1F. The van der Waals surface area contributed by atoms with Crippen molar-refractivity contribution in [2.45, 2.75) is 18.4 Å². The average molecular weight is 388 g/mol. The second kappa shape index (κ2) is 6.96. The molecule has 3 aromatic rings. The summed E-state index contributed by atoms with van der Waals surface area (Å²) in [5, 5.41) is 13.3. The van der Waals surface area contributed by atoms with Gasteiger partial charge in [0.25, 0.3) is 0 Å². The largest absolute Gasteiger partial charge is 0.480 e. The number of benzene rings is 2. The molecule has 2 aromatic carbocycles. The van der Waals surface area contributed by atoms with Gasteiger partial charge in [-0.25, -0.2) is 12.8 Å². The van der Waals surface area contributed by atoms with Gasteiger partial charge in [0.1, 0.15) is 18.1 Å². The van der Waals surface area contributed by atoms with E-state index in [-0.39, 0.29) is 17.3 Å². The molecule has 1 aromatic heterocycles. The Bertz CT molecular complexity index is 1120. The van der Waals surface area contributed by atoms with Crippen LogP contribution in [-0.2, 0) is 21.2 Å². The lowest BCUT2D eigenvalue weighted by molar-refractivity contribution is -0.137. The smallest absolute Gasteiger partial charge is 0.325 e. The zero-order valence-electron chi connectivity index (χ0n) is 14.7. The third-order valence-corrected chi connectivity index (χ3v) is 5.23. The lowest BCUT2D eigenvalue weighted by Gasteiger charge is -2.05. The zero-order chi connectivity index (χ0) is 19.8. The topological polar surface area (TPSA) is 89.3 Å². The van der Waals surface area contributed by atoms with E-state index in [4.69, 9.17) is 5.11 Å². The predicted molar refractivity (Wildman–Crippen MR) is 98.5 cm³/mol. The second-order valence-corrected chi connectivity index (χ2v) is 8.26. The van der Waals surface area contributed by atoms with Crippen LogP contribution in [0.1, 0.15) is 5.56 Å². The van der Waals surface area contributed by atoms with Crippen LogP contribution >= 0.6 is 0 Å². The summed E-state index contributed by atoms with van der Waals surface area (Å²) in [6.45, 7) is 1.31. The minimum Gasteiger partial charge on any atom is -0.480 e. The molecule has 0 aliphatic rings. The molecule has 0 unspecified atom stereocenters. The van der Waals surface area contributed by atoms with Gasteiger partial charge in [-0.2, -0.15) is 5.10 Å². The van der Waals surface area contributed by atoms with Gasteiger partial charge < -0.3 is 5.11 Å². The van der Waals surface area contributed by atoms with E-state index in [1.54, 1.807) is 31.2 Å². The van der Waals surface area contributed by atoms with E-state index in [9.17, 15) is 17.6 Å². The van der Waals surface area contributed by atoms with Crippen LogP contribution in [-0.4, -0.2) is 35.5 Å². The summed E-state index contributed by atoms with van der Waals surface area (Å²) >= 11 is 0. The lowest BCUT2D eigenvalue weighted by Crippen LogP contribution is -2.08. The standard InChI is InChI=1S/C19H17FN2O4S/c1-12-3-4-14(9-17(12)20)16-10-22(11-18(23)24)21-19(16)13-5-7-15(8-6-13)27(2,25)26/h3-10H,11H2,1-2H3,(H,23,24). The highest BCUT2D eigenvalue weighted by Gasteiger charge is 2.16. The molecule has 0 atom stereocenters. The van der Waals surface area contributed by atoms with Crippen LogP contribution in [0.3, 0.4) is 0 Å². The van der Waals surface area contributed by atoms with E-state index in [0.717, 1.165) is 6.26 Å². The number of rotatable bonds is 5. The maximum Gasteiger partial charge on any atom is 0.325 e. The maximum atomic E-state index is 14.0. The Morgan fingerprint density at radius 1 is 1.15 bits per heavy atom. The fourth-order valence-corrected chi connectivity index (χ4v) is 3.32. The predicted octanol–water partition coefficient (Wildman–Crippen LogP) is 3.15. The Balaban J connectivity index is 2.14. The highest BCUT2D eigenvalue weighted by atomic mass is 32.2. The Morgan fingerprint density at radius 3 is 2.33 bits per heavy atom. The Kier molecular flexibility index (Phi) is 4.84. The second-order valence-electron chi connectivity index (χ2n) is 6.24. The Hall–Kier alpha value is -3.00. The van der Waals surface area contributed by atoms with Crippen molar-refractivity contribution in [3.63, 3.8) is 0 Å². The van der Waals surface area contributed by atoms with E-state index >= 15 is 0 Å². The van der Waals surface area contributed by atoms with E-state index in [0.29, 0.717) is 27.9 Å². The number of aryl methyl sites for hydroxylation is 1. The third kappa shape index (κ3) is 4.06. The van der Waals surface area contributed by atoms with Crippen LogP contribution in [0, 0.1) is 12.7 Å². The van der Waals surface area contributed by atoms with Gasteiger partial charge in [-0.3, -0.25) is 9.48 Å². The number of carbonyl (C=O) groups is 1. The zero-order valence-corrected chi connectivity index (χ0v) is 15.5. The van der Waals surface area contributed by atoms with Crippen molar-refractivity contribution in [1.29, 1.82) is 0 Å². The molecule has 1 heterocycles. The molecule has 0 bridgehead atoms. The summed E-state index contributed by atoms with van der Waals surface area (Å²) in [7, 11) is -3.34. The molecular formula is C19H17FN2O4S. The summed E-state index contributed by atoms with van der Waals surface area (Å²) < 4.78 is 38.5. The average Bonchev–Trinajstić information content (AvgIpc) is 2.99. The first-order valence-electron chi connectivity index (χ1n) is 8.01. The minimum atomic E-state index is -3.34. The van der Waals surface area contributed by atoms with E-state index in [1.807, 2.05) is 0 Å². The number of nitrogens with zero attached hydrogens (tertiary/aromatic N) is 2. The summed E-state index contributed by atoms with van der Waals surface area (Å²) in [4.78, 5) is 11.2.